The molecule has 1 aromatic carbocycles. The van der Waals surface area contributed by atoms with E-state index in [1.165, 1.54) is 37.1 Å². The predicted molar refractivity (Wildman–Crippen MR) is 102 cm³/mol. The van der Waals surface area contributed by atoms with Crippen molar-refractivity contribution < 1.29 is 8.42 Å². The van der Waals surface area contributed by atoms with Gasteiger partial charge >= 0.3 is 0 Å². The normalized spacial score (nSPS) is 16.2. The summed E-state index contributed by atoms with van der Waals surface area (Å²) in [5, 5.41) is 6.30. The van der Waals surface area contributed by atoms with Crippen molar-refractivity contribution in [2.24, 2.45) is 4.99 Å². The highest BCUT2D eigenvalue weighted by atomic mass is 32.2. The monoisotopic (exact) mass is 367 g/mol. The molecule has 0 saturated carbocycles. The number of likely N-dealkylation sites (tertiary alicyclic amines) is 1. The minimum atomic E-state index is -3.15. The number of hydrogen-bond donors (Lipinski definition) is 3. The van der Waals surface area contributed by atoms with Gasteiger partial charge in [-0.3, -0.25) is 9.89 Å². The molecule has 1 aromatic rings. The zero-order chi connectivity index (χ0) is 18.1. The van der Waals surface area contributed by atoms with Crippen LogP contribution in [0.25, 0.3) is 0 Å². The average Bonchev–Trinajstić information content (AvgIpc) is 3.07. The SMILES string of the molecule is CN=C(NCCNS(C)(=O)=O)NCc1ccc(CN2CCCC2)cc1. The van der Waals surface area contributed by atoms with Crippen molar-refractivity contribution in [3.63, 3.8) is 0 Å². The lowest BCUT2D eigenvalue weighted by Gasteiger charge is -2.15. The molecule has 0 unspecified atom stereocenters. The maximum Gasteiger partial charge on any atom is 0.208 e. The second-order valence-electron chi connectivity index (χ2n) is 6.32. The molecule has 1 aliphatic rings. The van der Waals surface area contributed by atoms with Crippen LogP contribution in [0.15, 0.2) is 29.3 Å². The highest BCUT2D eigenvalue weighted by Gasteiger charge is 2.11. The first kappa shape index (κ1) is 19.7. The van der Waals surface area contributed by atoms with Gasteiger partial charge < -0.3 is 10.6 Å². The van der Waals surface area contributed by atoms with Crippen molar-refractivity contribution in [1.29, 1.82) is 0 Å². The molecule has 8 heteroatoms. The Morgan fingerprint density at radius 1 is 1.08 bits per heavy atom. The largest absolute Gasteiger partial charge is 0.355 e. The first-order chi connectivity index (χ1) is 12.0. The van der Waals surface area contributed by atoms with E-state index in [1.54, 1.807) is 7.05 Å². The molecule has 0 aliphatic carbocycles. The molecule has 2 rings (SSSR count). The lowest BCUT2D eigenvalue weighted by Crippen LogP contribution is -2.41. The fourth-order valence-corrected chi connectivity index (χ4v) is 3.26. The van der Waals surface area contributed by atoms with E-state index < -0.39 is 10.0 Å². The quantitative estimate of drug-likeness (QED) is 0.354. The molecule has 140 valence electrons. The van der Waals surface area contributed by atoms with E-state index in [0.717, 1.165) is 12.8 Å². The highest BCUT2D eigenvalue weighted by Crippen LogP contribution is 2.13. The summed E-state index contributed by atoms with van der Waals surface area (Å²) in [7, 11) is -1.46. The molecule has 0 amide bonds. The lowest BCUT2D eigenvalue weighted by molar-refractivity contribution is 0.331. The Balaban J connectivity index is 1.71. The van der Waals surface area contributed by atoms with Gasteiger partial charge in [0.2, 0.25) is 10.0 Å². The first-order valence-electron chi connectivity index (χ1n) is 8.65. The molecule has 0 atom stereocenters. The molecule has 0 radical (unpaired) electrons. The molecule has 3 N–H and O–H groups in total. The Morgan fingerprint density at radius 3 is 2.32 bits per heavy atom. The van der Waals surface area contributed by atoms with Gasteiger partial charge in [-0.2, -0.15) is 0 Å². The number of guanidine groups is 1. The summed E-state index contributed by atoms with van der Waals surface area (Å²) in [6.07, 6.45) is 3.77. The number of nitrogens with zero attached hydrogens (tertiary/aromatic N) is 2. The Kier molecular flexibility index (Phi) is 7.67. The van der Waals surface area contributed by atoms with Crippen molar-refractivity contribution in [3.05, 3.63) is 35.4 Å². The van der Waals surface area contributed by atoms with Crippen LogP contribution in [0.2, 0.25) is 0 Å². The van der Waals surface area contributed by atoms with Gasteiger partial charge in [-0.25, -0.2) is 13.1 Å². The Bertz CT molecular complexity index is 652. The summed E-state index contributed by atoms with van der Waals surface area (Å²) in [5.74, 6) is 0.649. The molecule has 1 fully saturated rings. The zero-order valence-electron chi connectivity index (χ0n) is 15.1. The Morgan fingerprint density at radius 2 is 1.72 bits per heavy atom. The van der Waals surface area contributed by atoms with Crippen molar-refractivity contribution >= 4 is 16.0 Å². The lowest BCUT2D eigenvalue weighted by atomic mass is 10.1. The molecular formula is C17H29N5O2S. The molecule has 25 heavy (non-hydrogen) atoms. The molecule has 1 aliphatic heterocycles. The fraction of sp³-hybridized carbons (Fsp3) is 0.588. The molecule has 0 aromatic heterocycles. The van der Waals surface area contributed by atoms with E-state index in [-0.39, 0.29) is 0 Å². The van der Waals surface area contributed by atoms with Crippen LogP contribution in [0.1, 0.15) is 24.0 Å². The van der Waals surface area contributed by atoms with Gasteiger partial charge in [-0.1, -0.05) is 24.3 Å². The van der Waals surface area contributed by atoms with Gasteiger partial charge in [0.25, 0.3) is 0 Å². The van der Waals surface area contributed by atoms with E-state index in [2.05, 4.69) is 49.5 Å². The minimum absolute atomic E-state index is 0.324. The molecule has 7 nitrogen and oxygen atoms in total. The molecule has 0 bridgehead atoms. The summed E-state index contributed by atoms with van der Waals surface area (Å²) in [6, 6.07) is 8.64. The number of rotatable bonds is 8. The molecular weight excluding hydrogens is 338 g/mol. The fourth-order valence-electron chi connectivity index (χ4n) is 2.79. The summed E-state index contributed by atoms with van der Waals surface area (Å²) in [6.45, 7) is 4.92. The summed E-state index contributed by atoms with van der Waals surface area (Å²) >= 11 is 0. The minimum Gasteiger partial charge on any atom is -0.355 e. The van der Waals surface area contributed by atoms with Crippen LogP contribution in [0.5, 0.6) is 0 Å². The zero-order valence-corrected chi connectivity index (χ0v) is 15.9. The van der Waals surface area contributed by atoms with Gasteiger partial charge in [-0.05, 0) is 37.1 Å². The smallest absolute Gasteiger partial charge is 0.208 e. The Labute approximate surface area is 151 Å². The van der Waals surface area contributed by atoms with Crippen molar-refractivity contribution in [1.82, 2.24) is 20.3 Å². The average molecular weight is 368 g/mol. The van der Waals surface area contributed by atoms with Crippen molar-refractivity contribution in [2.75, 3.05) is 39.5 Å². The Hall–Kier alpha value is -1.64. The number of aliphatic imine (C=N–C) groups is 1. The summed E-state index contributed by atoms with van der Waals surface area (Å²) in [5.41, 5.74) is 2.53. The van der Waals surface area contributed by atoms with Crippen LogP contribution >= 0.6 is 0 Å². The van der Waals surface area contributed by atoms with Gasteiger partial charge in [-0.15, -0.1) is 0 Å². The van der Waals surface area contributed by atoms with E-state index in [1.807, 2.05) is 0 Å². The van der Waals surface area contributed by atoms with Gasteiger partial charge in [0, 0.05) is 33.2 Å². The number of hydrogen-bond acceptors (Lipinski definition) is 4. The third-order valence-corrected chi connectivity index (χ3v) is 4.82. The number of benzene rings is 1. The van der Waals surface area contributed by atoms with Crippen molar-refractivity contribution in [2.45, 2.75) is 25.9 Å². The maximum atomic E-state index is 11.0. The highest BCUT2D eigenvalue weighted by molar-refractivity contribution is 7.88. The summed E-state index contributed by atoms with van der Waals surface area (Å²) < 4.78 is 24.4. The molecule has 1 heterocycles. The third-order valence-electron chi connectivity index (χ3n) is 4.09. The third kappa shape index (κ3) is 7.85. The molecule has 0 spiro atoms. The van der Waals surface area contributed by atoms with Crippen LogP contribution in [-0.2, 0) is 23.1 Å². The molecule has 1 saturated heterocycles. The van der Waals surface area contributed by atoms with E-state index >= 15 is 0 Å². The second kappa shape index (κ2) is 9.74. The predicted octanol–water partition coefficient (Wildman–Crippen LogP) is 0.497. The van der Waals surface area contributed by atoms with Crippen LogP contribution in [0, 0.1) is 0 Å². The van der Waals surface area contributed by atoms with Crippen LogP contribution in [0.4, 0.5) is 0 Å². The second-order valence-corrected chi connectivity index (χ2v) is 8.15. The topological polar surface area (TPSA) is 85.8 Å². The van der Waals surface area contributed by atoms with Crippen molar-refractivity contribution in [3.8, 4) is 0 Å². The van der Waals surface area contributed by atoms with Crippen LogP contribution in [-0.4, -0.2) is 58.8 Å². The first-order valence-corrected chi connectivity index (χ1v) is 10.5. The standard InChI is InChI=1S/C17H29N5O2S/c1-18-17(19-9-10-21-25(2,23)24)20-13-15-5-7-16(8-6-15)14-22-11-3-4-12-22/h5-8,21H,3-4,9-14H2,1-2H3,(H2,18,19,20). The van der Waals surface area contributed by atoms with E-state index in [4.69, 9.17) is 0 Å². The summed E-state index contributed by atoms with van der Waals surface area (Å²) in [4.78, 5) is 6.62. The van der Waals surface area contributed by atoms with Gasteiger partial charge in [0.1, 0.15) is 0 Å². The van der Waals surface area contributed by atoms with Gasteiger partial charge in [0.15, 0.2) is 5.96 Å². The van der Waals surface area contributed by atoms with Crippen LogP contribution < -0.4 is 15.4 Å². The van der Waals surface area contributed by atoms with E-state index in [9.17, 15) is 8.42 Å². The van der Waals surface area contributed by atoms with Gasteiger partial charge in [0.05, 0.1) is 6.26 Å². The number of nitrogens with one attached hydrogen (secondary N) is 3. The van der Waals surface area contributed by atoms with Crippen LogP contribution in [0.3, 0.4) is 0 Å². The number of sulfonamides is 1. The van der Waals surface area contributed by atoms with E-state index in [0.29, 0.717) is 25.6 Å². The maximum absolute atomic E-state index is 11.0.